The second kappa shape index (κ2) is 13.2. The van der Waals surface area contributed by atoms with Crippen molar-refractivity contribution < 1.29 is 9.53 Å². The van der Waals surface area contributed by atoms with Crippen LogP contribution in [0.1, 0.15) is 37.3 Å². The van der Waals surface area contributed by atoms with Gasteiger partial charge in [0, 0.05) is 40.4 Å². The van der Waals surface area contributed by atoms with Gasteiger partial charge in [-0.15, -0.1) is 0 Å². The number of likely N-dealkylation sites (tertiary alicyclic amines) is 1. The summed E-state index contributed by atoms with van der Waals surface area (Å²) in [7, 11) is 3.50. The molecule has 1 heterocycles. The van der Waals surface area contributed by atoms with Crippen molar-refractivity contribution in [2.75, 3.05) is 53.5 Å². The summed E-state index contributed by atoms with van der Waals surface area (Å²) in [5.41, 5.74) is 2.51. The molecule has 0 atom stereocenters. The van der Waals surface area contributed by atoms with Crippen LogP contribution in [0.2, 0.25) is 0 Å². The van der Waals surface area contributed by atoms with Crippen molar-refractivity contribution in [1.82, 2.24) is 20.4 Å². The summed E-state index contributed by atoms with van der Waals surface area (Å²) in [5.74, 6) is 0.665. The zero-order chi connectivity index (χ0) is 20.9. The highest BCUT2D eigenvalue weighted by Crippen LogP contribution is 2.13. The molecule has 0 bridgehead atoms. The van der Waals surface area contributed by atoms with Crippen LogP contribution in [0.4, 0.5) is 0 Å². The summed E-state index contributed by atoms with van der Waals surface area (Å²) in [6, 6.07) is 8.68. The summed E-state index contributed by atoms with van der Waals surface area (Å²) in [6.45, 7) is 8.42. The van der Waals surface area contributed by atoms with Crippen molar-refractivity contribution in [2.24, 2.45) is 4.99 Å². The van der Waals surface area contributed by atoms with Crippen LogP contribution in [-0.4, -0.2) is 75.2 Å². The van der Waals surface area contributed by atoms with E-state index in [0.717, 1.165) is 31.7 Å². The fourth-order valence-corrected chi connectivity index (χ4v) is 3.14. The van der Waals surface area contributed by atoms with Gasteiger partial charge in [-0.3, -0.25) is 9.69 Å². The maximum atomic E-state index is 11.9. The van der Waals surface area contributed by atoms with Crippen LogP contribution in [0, 0.1) is 0 Å². The molecule has 162 valence electrons. The monoisotopic (exact) mass is 403 g/mol. The third-order valence-corrected chi connectivity index (χ3v) is 4.92. The molecule has 0 saturated carbocycles. The van der Waals surface area contributed by atoms with Gasteiger partial charge >= 0.3 is 0 Å². The van der Waals surface area contributed by atoms with Crippen LogP contribution in [0.25, 0.3) is 0 Å². The smallest absolute Gasteiger partial charge is 0.241 e. The minimum absolute atomic E-state index is 0.0140. The Morgan fingerprint density at radius 2 is 1.83 bits per heavy atom. The van der Waals surface area contributed by atoms with E-state index in [4.69, 9.17) is 4.74 Å². The SMILES string of the molecule is CCOCCCNC(=NCc1ccc(CN2CCCC2)cc1)NCC(=O)N(C)C. The average molecular weight is 404 g/mol. The topological polar surface area (TPSA) is 69.2 Å². The number of carbonyl (C=O) groups is 1. The Labute approximate surface area is 175 Å². The van der Waals surface area contributed by atoms with E-state index in [9.17, 15) is 4.79 Å². The minimum atomic E-state index is 0.0140. The van der Waals surface area contributed by atoms with Gasteiger partial charge in [-0.05, 0) is 50.4 Å². The lowest BCUT2D eigenvalue weighted by Gasteiger charge is -2.15. The number of hydrogen-bond acceptors (Lipinski definition) is 4. The normalized spacial score (nSPS) is 14.8. The lowest BCUT2D eigenvalue weighted by atomic mass is 10.1. The number of carbonyl (C=O) groups excluding carboxylic acids is 1. The number of guanidine groups is 1. The third-order valence-electron chi connectivity index (χ3n) is 4.92. The molecule has 0 aliphatic carbocycles. The van der Waals surface area contributed by atoms with Crippen molar-refractivity contribution >= 4 is 11.9 Å². The van der Waals surface area contributed by atoms with Gasteiger partial charge in [-0.25, -0.2) is 4.99 Å². The van der Waals surface area contributed by atoms with Gasteiger partial charge in [0.25, 0.3) is 0 Å². The van der Waals surface area contributed by atoms with Crippen LogP contribution in [0.15, 0.2) is 29.3 Å². The number of nitrogens with one attached hydrogen (secondary N) is 2. The first-order chi connectivity index (χ1) is 14.1. The highest BCUT2D eigenvalue weighted by Gasteiger charge is 2.11. The molecule has 1 fully saturated rings. The van der Waals surface area contributed by atoms with Crippen molar-refractivity contribution in [2.45, 2.75) is 39.3 Å². The molecule has 1 saturated heterocycles. The molecule has 0 spiro atoms. The number of ether oxygens (including phenoxy) is 1. The number of likely N-dealkylation sites (N-methyl/N-ethyl adjacent to an activating group) is 1. The fraction of sp³-hybridized carbons (Fsp3) is 0.636. The minimum Gasteiger partial charge on any atom is -0.382 e. The van der Waals surface area contributed by atoms with Crippen LogP contribution in [0.5, 0.6) is 0 Å². The predicted octanol–water partition coefficient (Wildman–Crippen LogP) is 1.83. The number of rotatable bonds is 11. The summed E-state index contributed by atoms with van der Waals surface area (Å²) in [6.07, 6.45) is 3.52. The van der Waals surface area contributed by atoms with Crippen molar-refractivity contribution in [3.63, 3.8) is 0 Å². The average Bonchev–Trinajstić information content (AvgIpc) is 3.23. The lowest BCUT2D eigenvalue weighted by Crippen LogP contribution is -2.43. The highest BCUT2D eigenvalue weighted by atomic mass is 16.5. The molecule has 1 aromatic carbocycles. The van der Waals surface area contributed by atoms with E-state index in [1.165, 1.54) is 31.5 Å². The second-order valence-electron chi connectivity index (χ2n) is 7.58. The van der Waals surface area contributed by atoms with Crippen LogP contribution >= 0.6 is 0 Å². The molecule has 0 radical (unpaired) electrons. The Bertz CT molecular complexity index is 625. The van der Waals surface area contributed by atoms with E-state index in [2.05, 4.69) is 44.8 Å². The van der Waals surface area contributed by atoms with Crippen molar-refractivity contribution in [1.29, 1.82) is 0 Å². The standard InChI is InChI=1S/C22H37N5O2/c1-4-29-15-7-12-23-22(25-17-21(28)26(2)3)24-16-19-8-10-20(11-9-19)18-27-13-5-6-14-27/h8-11H,4-7,12-18H2,1-3H3,(H2,23,24,25). The zero-order valence-electron chi connectivity index (χ0n) is 18.2. The molecule has 29 heavy (non-hydrogen) atoms. The number of nitrogens with zero attached hydrogens (tertiary/aromatic N) is 3. The van der Waals surface area contributed by atoms with E-state index < -0.39 is 0 Å². The summed E-state index contributed by atoms with van der Waals surface area (Å²) < 4.78 is 5.37. The zero-order valence-corrected chi connectivity index (χ0v) is 18.2. The van der Waals surface area contributed by atoms with Gasteiger partial charge in [0.15, 0.2) is 5.96 Å². The van der Waals surface area contributed by atoms with Gasteiger partial charge in [-0.2, -0.15) is 0 Å². The first-order valence-corrected chi connectivity index (χ1v) is 10.7. The Morgan fingerprint density at radius 3 is 2.48 bits per heavy atom. The summed E-state index contributed by atoms with van der Waals surface area (Å²) >= 11 is 0. The molecule has 0 aromatic heterocycles. The van der Waals surface area contributed by atoms with Gasteiger partial charge in [0.05, 0.1) is 13.1 Å². The van der Waals surface area contributed by atoms with E-state index in [1.807, 2.05) is 6.92 Å². The summed E-state index contributed by atoms with van der Waals surface area (Å²) in [4.78, 5) is 20.6. The Balaban J connectivity index is 1.86. The molecular formula is C22H37N5O2. The molecule has 7 heteroatoms. The largest absolute Gasteiger partial charge is 0.382 e. The molecular weight excluding hydrogens is 366 g/mol. The van der Waals surface area contributed by atoms with E-state index in [1.54, 1.807) is 19.0 Å². The van der Waals surface area contributed by atoms with E-state index >= 15 is 0 Å². The van der Waals surface area contributed by atoms with Crippen molar-refractivity contribution in [3.8, 4) is 0 Å². The molecule has 1 aliphatic rings. The lowest BCUT2D eigenvalue weighted by molar-refractivity contribution is -0.127. The first kappa shape index (κ1) is 23.2. The van der Waals surface area contributed by atoms with Gasteiger partial charge in [-0.1, -0.05) is 24.3 Å². The predicted molar refractivity (Wildman–Crippen MR) is 118 cm³/mol. The number of amides is 1. The number of hydrogen-bond donors (Lipinski definition) is 2. The van der Waals surface area contributed by atoms with Crippen LogP contribution in [0.3, 0.4) is 0 Å². The van der Waals surface area contributed by atoms with Crippen molar-refractivity contribution in [3.05, 3.63) is 35.4 Å². The Hall–Kier alpha value is -2.12. The van der Waals surface area contributed by atoms with Gasteiger partial charge in [0.1, 0.15) is 0 Å². The van der Waals surface area contributed by atoms with Gasteiger partial charge in [0.2, 0.25) is 5.91 Å². The Morgan fingerprint density at radius 1 is 1.14 bits per heavy atom. The van der Waals surface area contributed by atoms with Crippen LogP contribution in [-0.2, 0) is 22.6 Å². The quantitative estimate of drug-likeness (QED) is 0.335. The molecule has 1 aliphatic heterocycles. The third kappa shape index (κ3) is 9.28. The molecule has 2 N–H and O–H groups in total. The number of benzene rings is 1. The summed E-state index contributed by atoms with van der Waals surface area (Å²) in [5, 5.41) is 6.41. The molecule has 7 nitrogen and oxygen atoms in total. The molecule has 2 rings (SSSR count). The van der Waals surface area contributed by atoms with Gasteiger partial charge < -0.3 is 20.3 Å². The second-order valence-corrected chi connectivity index (χ2v) is 7.58. The number of aliphatic imine (C=N–C) groups is 1. The fourth-order valence-electron chi connectivity index (χ4n) is 3.14. The molecule has 1 aromatic rings. The van der Waals surface area contributed by atoms with E-state index in [0.29, 0.717) is 19.1 Å². The van der Waals surface area contributed by atoms with E-state index in [-0.39, 0.29) is 12.5 Å². The van der Waals surface area contributed by atoms with Crippen LogP contribution < -0.4 is 10.6 Å². The maximum absolute atomic E-state index is 11.9. The molecule has 1 amide bonds. The Kier molecular flexibility index (Phi) is 10.5. The molecule has 0 unspecified atom stereocenters. The maximum Gasteiger partial charge on any atom is 0.241 e. The highest BCUT2D eigenvalue weighted by molar-refractivity contribution is 5.86. The first-order valence-electron chi connectivity index (χ1n) is 10.7.